The van der Waals surface area contributed by atoms with Crippen LogP contribution in [-0.4, -0.2) is 67.5 Å². The molecule has 25 heavy (non-hydrogen) atoms. The van der Waals surface area contributed by atoms with Gasteiger partial charge in [0.2, 0.25) is 5.91 Å². The Morgan fingerprint density at radius 2 is 1.88 bits per heavy atom. The third kappa shape index (κ3) is 3.24. The van der Waals surface area contributed by atoms with Gasteiger partial charge < -0.3 is 19.7 Å². The van der Waals surface area contributed by atoms with Crippen LogP contribution in [0.3, 0.4) is 0 Å². The van der Waals surface area contributed by atoms with E-state index in [9.17, 15) is 14.4 Å². The minimum absolute atomic E-state index is 0.0566. The number of hydrogen-bond acceptors (Lipinski definition) is 5. The highest BCUT2D eigenvalue weighted by atomic mass is 16.5. The molecule has 1 aromatic rings. The smallest absolute Gasteiger partial charge is 0.324 e. The Kier molecular flexibility index (Phi) is 4.78. The van der Waals surface area contributed by atoms with Gasteiger partial charge in [-0.15, -0.1) is 0 Å². The number of imide groups is 1. The molecule has 2 aliphatic rings. The summed E-state index contributed by atoms with van der Waals surface area (Å²) in [5.74, 6) is 0.744. The first-order valence-corrected chi connectivity index (χ1v) is 8.16. The second-order valence-corrected chi connectivity index (χ2v) is 6.01. The molecule has 8 nitrogen and oxygen atoms in total. The zero-order chi connectivity index (χ0) is 18.0. The highest BCUT2D eigenvalue weighted by Gasteiger charge is 2.37. The van der Waals surface area contributed by atoms with Crippen LogP contribution in [0.15, 0.2) is 18.2 Å². The molecule has 2 saturated heterocycles. The molecule has 134 valence electrons. The third-order valence-corrected chi connectivity index (χ3v) is 4.63. The van der Waals surface area contributed by atoms with Crippen molar-refractivity contribution in [2.75, 3.05) is 33.9 Å². The fourth-order valence-electron chi connectivity index (χ4n) is 3.28. The summed E-state index contributed by atoms with van der Waals surface area (Å²) < 4.78 is 10.4. The molecule has 2 fully saturated rings. The van der Waals surface area contributed by atoms with Gasteiger partial charge in [-0.3, -0.25) is 14.5 Å². The Labute approximate surface area is 145 Å². The Bertz CT molecular complexity index is 682. The summed E-state index contributed by atoms with van der Waals surface area (Å²) in [4.78, 5) is 39.3. The molecule has 4 amide bonds. The maximum Gasteiger partial charge on any atom is 0.324 e. The summed E-state index contributed by atoms with van der Waals surface area (Å²) in [7, 11) is 3.06. The fraction of sp³-hybridized carbons (Fsp3) is 0.471. The summed E-state index contributed by atoms with van der Waals surface area (Å²) in [5, 5.41) is 2.53. The minimum atomic E-state index is -0.341. The Hall–Kier alpha value is -2.77. The van der Waals surface area contributed by atoms with Crippen LogP contribution in [-0.2, 0) is 4.79 Å². The van der Waals surface area contributed by atoms with Crippen LogP contribution in [0.5, 0.6) is 11.5 Å². The van der Waals surface area contributed by atoms with Crippen molar-refractivity contribution in [3.63, 3.8) is 0 Å². The second-order valence-electron chi connectivity index (χ2n) is 6.01. The summed E-state index contributed by atoms with van der Waals surface area (Å²) in [6.07, 6.45) is 1.15. The number of amides is 4. The number of nitrogens with one attached hydrogen (secondary N) is 1. The topological polar surface area (TPSA) is 88.2 Å². The number of hydrogen-bond donors (Lipinski definition) is 1. The predicted molar refractivity (Wildman–Crippen MR) is 88.7 cm³/mol. The number of methoxy groups -OCH3 is 2. The average molecular weight is 347 g/mol. The van der Waals surface area contributed by atoms with Gasteiger partial charge in [0.15, 0.2) is 0 Å². The number of carbonyl (C=O) groups is 3. The van der Waals surface area contributed by atoms with Crippen molar-refractivity contribution in [2.24, 2.45) is 0 Å². The first-order valence-electron chi connectivity index (χ1n) is 8.16. The van der Waals surface area contributed by atoms with Crippen molar-refractivity contribution in [1.82, 2.24) is 15.1 Å². The summed E-state index contributed by atoms with van der Waals surface area (Å²) in [6, 6.07) is 4.58. The number of piperidine rings is 1. The fourth-order valence-corrected chi connectivity index (χ4v) is 3.28. The van der Waals surface area contributed by atoms with E-state index in [0.717, 1.165) is 0 Å². The first kappa shape index (κ1) is 17.1. The lowest BCUT2D eigenvalue weighted by molar-refractivity contribution is -0.127. The number of ether oxygens (including phenoxy) is 2. The molecule has 3 rings (SSSR count). The van der Waals surface area contributed by atoms with E-state index in [1.807, 2.05) is 0 Å². The van der Waals surface area contributed by atoms with Gasteiger partial charge in [0.25, 0.3) is 5.91 Å². The van der Waals surface area contributed by atoms with E-state index in [1.165, 1.54) is 12.0 Å². The zero-order valence-corrected chi connectivity index (χ0v) is 14.3. The minimum Gasteiger partial charge on any atom is -0.497 e. The van der Waals surface area contributed by atoms with E-state index in [2.05, 4.69) is 5.32 Å². The lowest BCUT2D eigenvalue weighted by Crippen LogP contribution is -2.49. The Morgan fingerprint density at radius 1 is 1.16 bits per heavy atom. The quantitative estimate of drug-likeness (QED) is 0.816. The normalized spacial score (nSPS) is 18.3. The van der Waals surface area contributed by atoms with E-state index in [0.29, 0.717) is 43.0 Å². The number of urea groups is 1. The van der Waals surface area contributed by atoms with Gasteiger partial charge in [-0.05, 0) is 25.0 Å². The van der Waals surface area contributed by atoms with Gasteiger partial charge in [0, 0.05) is 25.2 Å². The van der Waals surface area contributed by atoms with Gasteiger partial charge in [-0.1, -0.05) is 0 Å². The van der Waals surface area contributed by atoms with Crippen molar-refractivity contribution in [1.29, 1.82) is 0 Å². The van der Waals surface area contributed by atoms with Gasteiger partial charge in [0.05, 0.1) is 26.3 Å². The molecule has 1 N–H and O–H groups in total. The van der Waals surface area contributed by atoms with Gasteiger partial charge in [0.1, 0.15) is 11.5 Å². The Balaban J connectivity index is 1.68. The van der Waals surface area contributed by atoms with Gasteiger partial charge >= 0.3 is 6.03 Å². The highest BCUT2D eigenvalue weighted by molar-refractivity contribution is 6.02. The molecular formula is C17H21N3O5. The SMILES string of the molecule is COc1ccc(C(=O)N2CCC(N3C(=O)CNC3=O)CC2)c(OC)c1. The van der Waals surface area contributed by atoms with E-state index in [1.54, 1.807) is 30.2 Å². The molecule has 0 unspecified atom stereocenters. The molecule has 0 atom stereocenters. The average Bonchev–Trinajstić information content (AvgIpc) is 2.99. The van der Waals surface area contributed by atoms with Gasteiger partial charge in [-0.2, -0.15) is 0 Å². The molecule has 0 saturated carbocycles. The number of carbonyl (C=O) groups excluding carboxylic acids is 3. The first-order chi connectivity index (χ1) is 12.0. The van der Waals surface area contributed by atoms with Crippen LogP contribution >= 0.6 is 0 Å². The standard InChI is InChI=1S/C17H21N3O5/c1-24-12-3-4-13(14(9-12)25-2)16(22)19-7-5-11(6-8-19)20-15(21)10-18-17(20)23/h3-4,9,11H,5-8,10H2,1-2H3,(H,18,23). The summed E-state index contributed by atoms with van der Waals surface area (Å²) >= 11 is 0. The molecule has 2 aliphatic heterocycles. The maximum absolute atomic E-state index is 12.8. The molecule has 0 bridgehead atoms. The van der Waals surface area contributed by atoms with Crippen molar-refractivity contribution in [3.05, 3.63) is 23.8 Å². The van der Waals surface area contributed by atoms with E-state index in [4.69, 9.17) is 9.47 Å². The van der Waals surface area contributed by atoms with Crippen LogP contribution in [0.2, 0.25) is 0 Å². The second kappa shape index (κ2) is 7.00. The third-order valence-electron chi connectivity index (χ3n) is 4.63. The predicted octanol–water partition coefficient (Wildman–Crippen LogP) is 0.860. The molecule has 0 radical (unpaired) electrons. The van der Waals surface area contributed by atoms with Crippen molar-refractivity contribution in [3.8, 4) is 11.5 Å². The van der Waals surface area contributed by atoms with Crippen molar-refractivity contribution in [2.45, 2.75) is 18.9 Å². The molecule has 1 aromatic carbocycles. The molecule has 0 spiro atoms. The number of likely N-dealkylation sites (tertiary alicyclic amines) is 1. The molecular weight excluding hydrogens is 326 g/mol. The number of rotatable bonds is 4. The van der Waals surface area contributed by atoms with Gasteiger partial charge in [-0.25, -0.2) is 4.79 Å². The molecule has 0 aliphatic carbocycles. The largest absolute Gasteiger partial charge is 0.497 e. The zero-order valence-electron chi connectivity index (χ0n) is 14.3. The number of nitrogens with zero attached hydrogens (tertiary/aromatic N) is 2. The molecule has 2 heterocycles. The monoisotopic (exact) mass is 347 g/mol. The molecule has 0 aromatic heterocycles. The lowest BCUT2D eigenvalue weighted by atomic mass is 10.0. The van der Waals surface area contributed by atoms with Crippen LogP contribution < -0.4 is 14.8 Å². The van der Waals surface area contributed by atoms with Crippen LogP contribution in [0.25, 0.3) is 0 Å². The van der Waals surface area contributed by atoms with E-state index < -0.39 is 0 Å². The van der Waals surface area contributed by atoms with Crippen molar-refractivity contribution >= 4 is 17.8 Å². The van der Waals surface area contributed by atoms with Crippen molar-refractivity contribution < 1.29 is 23.9 Å². The van der Waals surface area contributed by atoms with Crippen LogP contribution in [0.4, 0.5) is 4.79 Å². The van der Waals surface area contributed by atoms with Crippen LogP contribution in [0, 0.1) is 0 Å². The Morgan fingerprint density at radius 3 is 2.44 bits per heavy atom. The van der Waals surface area contributed by atoms with Crippen LogP contribution in [0.1, 0.15) is 23.2 Å². The maximum atomic E-state index is 12.8. The summed E-state index contributed by atoms with van der Waals surface area (Å²) in [5.41, 5.74) is 0.469. The molecule has 8 heteroatoms. The van der Waals surface area contributed by atoms with E-state index in [-0.39, 0.29) is 30.4 Å². The lowest BCUT2D eigenvalue weighted by Gasteiger charge is -2.35. The van der Waals surface area contributed by atoms with E-state index >= 15 is 0 Å². The summed E-state index contributed by atoms with van der Waals surface area (Å²) in [6.45, 7) is 1.02. The highest BCUT2D eigenvalue weighted by Crippen LogP contribution is 2.27. The number of benzene rings is 1.